The Hall–Kier alpha value is -2.94. The van der Waals surface area contributed by atoms with Gasteiger partial charge >= 0.3 is 5.69 Å². The summed E-state index contributed by atoms with van der Waals surface area (Å²) in [5.41, 5.74) is 0.670. The van der Waals surface area contributed by atoms with E-state index in [9.17, 15) is 14.9 Å². The van der Waals surface area contributed by atoms with Crippen LogP contribution in [0.5, 0.6) is 17.2 Å². The number of hydrogen-bond donors (Lipinski definition) is 1. The van der Waals surface area contributed by atoms with Crippen molar-refractivity contribution in [2.75, 3.05) is 33.1 Å². The molecule has 0 bridgehead atoms. The van der Waals surface area contributed by atoms with Gasteiger partial charge in [0.1, 0.15) is 6.61 Å². The predicted molar refractivity (Wildman–Crippen MR) is 107 cm³/mol. The first-order chi connectivity index (χ1) is 13.5. The highest BCUT2D eigenvalue weighted by atomic mass is 32.2. The molecule has 2 rings (SSSR count). The highest BCUT2D eigenvalue weighted by molar-refractivity contribution is 7.99. The van der Waals surface area contributed by atoms with Crippen molar-refractivity contribution >= 4 is 23.4 Å². The summed E-state index contributed by atoms with van der Waals surface area (Å²) in [6.45, 7) is 0.687. The van der Waals surface area contributed by atoms with Crippen LogP contribution in [-0.4, -0.2) is 44.0 Å². The van der Waals surface area contributed by atoms with Gasteiger partial charge in [-0.2, -0.15) is 0 Å². The molecule has 150 valence electrons. The molecular formula is C19H22N2O6S. The van der Waals surface area contributed by atoms with E-state index in [-0.39, 0.29) is 23.1 Å². The number of carbonyl (C=O) groups is 1. The van der Waals surface area contributed by atoms with Crippen molar-refractivity contribution in [3.05, 3.63) is 58.1 Å². The molecule has 1 N–H and O–H groups in total. The molecule has 0 aromatic heterocycles. The van der Waals surface area contributed by atoms with Crippen molar-refractivity contribution in [3.8, 4) is 17.2 Å². The molecule has 2 aromatic carbocycles. The zero-order valence-corrected chi connectivity index (χ0v) is 16.5. The predicted octanol–water partition coefficient (Wildman–Crippen LogP) is 3.04. The molecule has 0 aliphatic heterocycles. The Morgan fingerprint density at radius 1 is 1.11 bits per heavy atom. The molecule has 0 aliphatic rings. The Morgan fingerprint density at radius 2 is 1.82 bits per heavy atom. The Morgan fingerprint density at radius 3 is 2.50 bits per heavy atom. The first-order valence-corrected chi connectivity index (χ1v) is 9.62. The normalized spacial score (nSPS) is 10.2. The Labute approximate surface area is 167 Å². The molecule has 0 unspecified atom stereocenters. The van der Waals surface area contributed by atoms with Crippen LogP contribution in [0.2, 0.25) is 0 Å². The number of amides is 1. The molecule has 0 spiro atoms. The minimum Gasteiger partial charge on any atom is -0.493 e. The standard InChI is InChI=1S/C19H22N2O6S/c1-25-16-8-7-14(11-15(16)21(23)24)12-28-13-19(22)20-9-10-27-18-6-4-3-5-17(18)26-2/h3-8,11H,9-10,12-13H2,1-2H3,(H,20,22). The lowest BCUT2D eigenvalue weighted by Gasteiger charge is -2.11. The van der Waals surface area contributed by atoms with Crippen LogP contribution in [0.1, 0.15) is 5.56 Å². The molecule has 0 saturated carbocycles. The lowest BCUT2D eigenvalue weighted by atomic mass is 10.2. The van der Waals surface area contributed by atoms with E-state index in [1.54, 1.807) is 31.4 Å². The van der Waals surface area contributed by atoms with Crippen LogP contribution in [0.3, 0.4) is 0 Å². The fourth-order valence-electron chi connectivity index (χ4n) is 2.37. The average molecular weight is 406 g/mol. The molecule has 0 atom stereocenters. The van der Waals surface area contributed by atoms with E-state index in [1.807, 2.05) is 12.1 Å². The molecule has 1 amide bonds. The van der Waals surface area contributed by atoms with Gasteiger partial charge in [0.15, 0.2) is 17.2 Å². The zero-order valence-electron chi connectivity index (χ0n) is 15.7. The molecule has 9 heteroatoms. The molecule has 0 radical (unpaired) electrons. The van der Waals surface area contributed by atoms with Gasteiger partial charge in [-0.3, -0.25) is 14.9 Å². The number of rotatable bonds is 11. The number of nitro groups is 1. The van der Waals surface area contributed by atoms with Gasteiger partial charge in [0.05, 0.1) is 31.4 Å². The number of methoxy groups -OCH3 is 2. The zero-order chi connectivity index (χ0) is 20.4. The van der Waals surface area contributed by atoms with Crippen LogP contribution in [0, 0.1) is 10.1 Å². The number of nitrogens with zero attached hydrogens (tertiary/aromatic N) is 1. The number of nitro benzene ring substituents is 1. The summed E-state index contributed by atoms with van der Waals surface area (Å²) in [6.07, 6.45) is 0. The number of nitrogens with one attached hydrogen (secondary N) is 1. The minimum atomic E-state index is -0.485. The molecule has 0 fully saturated rings. The molecular weight excluding hydrogens is 384 g/mol. The van der Waals surface area contributed by atoms with E-state index in [4.69, 9.17) is 14.2 Å². The van der Waals surface area contributed by atoms with E-state index >= 15 is 0 Å². The van der Waals surface area contributed by atoms with Gasteiger partial charge < -0.3 is 19.5 Å². The third-order valence-electron chi connectivity index (χ3n) is 3.69. The summed E-state index contributed by atoms with van der Waals surface area (Å²) in [5.74, 6) is 2.07. The van der Waals surface area contributed by atoms with E-state index in [1.165, 1.54) is 24.9 Å². The van der Waals surface area contributed by atoms with E-state index in [2.05, 4.69) is 5.32 Å². The number of benzene rings is 2. The summed E-state index contributed by atoms with van der Waals surface area (Å²) in [5, 5.41) is 13.8. The second-order valence-corrected chi connectivity index (χ2v) is 6.59. The Balaban J connectivity index is 1.70. The number of hydrogen-bond acceptors (Lipinski definition) is 7. The second kappa shape index (κ2) is 11.0. The molecule has 8 nitrogen and oxygen atoms in total. The number of carbonyl (C=O) groups excluding carboxylic acids is 1. The van der Waals surface area contributed by atoms with Crippen LogP contribution in [0.25, 0.3) is 0 Å². The van der Waals surface area contributed by atoms with Crippen molar-refractivity contribution < 1.29 is 23.9 Å². The van der Waals surface area contributed by atoms with Gasteiger partial charge in [-0.25, -0.2) is 0 Å². The van der Waals surface area contributed by atoms with Gasteiger partial charge in [0, 0.05) is 11.8 Å². The van der Waals surface area contributed by atoms with Gasteiger partial charge in [0.25, 0.3) is 0 Å². The van der Waals surface area contributed by atoms with Crippen molar-refractivity contribution in [1.82, 2.24) is 5.32 Å². The van der Waals surface area contributed by atoms with Gasteiger partial charge in [-0.15, -0.1) is 11.8 Å². The van der Waals surface area contributed by atoms with E-state index in [0.717, 1.165) is 5.56 Å². The van der Waals surface area contributed by atoms with Crippen molar-refractivity contribution in [2.45, 2.75) is 5.75 Å². The largest absolute Gasteiger partial charge is 0.493 e. The molecule has 0 saturated heterocycles. The first kappa shape index (κ1) is 21.4. The van der Waals surface area contributed by atoms with E-state index in [0.29, 0.717) is 30.4 Å². The summed E-state index contributed by atoms with van der Waals surface area (Å²) in [4.78, 5) is 22.5. The topological polar surface area (TPSA) is 99.9 Å². The van der Waals surface area contributed by atoms with Crippen LogP contribution < -0.4 is 19.5 Å². The SMILES string of the molecule is COc1ccccc1OCCNC(=O)CSCc1ccc(OC)c([N+](=O)[O-])c1. The average Bonchev–Trinajstić information content (AvgIpc) is 2.71. The summed E-state index contributed by atoms with van der Waals surface area (Å²) in [6, 6.07) is 12.1. The highest BCUT2D eigenvalue weighted by Crippen LogP contribution is 2.29. The third-order valence-corrected chi connectivity index (χ3v) is 4.70. The van der Waals surface area contributed by atoms with Crippen LogP contribution in [0.15, 0.2) is 42.5 Å². The molecule has 0 aliphatic carbocycles. The fraction of sp³-hybridized carbons (Fsp3) is 0.316. The molecule has 0 heterocycles. The van der Waals surface area contributed by atoms with E-state index < -0.39 is 4.92 Å². The number of para-hydroxylation sites is 2. The third kappa shape index (κ3) is 6.34. The maximum absolute atomic E-state index is 11.9. The highest BCUT2D eigenvalue weighted by Gasteiger charge is 2.15. The quantitative estimate of drug-likeness (QED) is 0.348. The smallest absolute Gasteiger partial charge is 0.311 e. The van der Waals surface area contributed by atoms with Gasteiger partial charge in [-0.05, 0) is 23.8 Å². The lowest BCUT2D eigenvalue weighted by Crippen LogP contribution is -2.29. The summed E-state index contributed by atoms with van der Waals surface area (Å²) >= 11 is 1.37. The van der Waals surface area contributed by atoms with Crippen LogP contribution in [0.4, 0.5) is 5.69 Å². The number of ether oxygens (including phenoxy) is 3. The molecule has 2 aromatic rings. The number of thioether (sulfide) groups is 1. The molecule has 28 heavy (non-hydrogen) atoms. The Bertz CT molecular complexity index is 815. The summed E-state index contributed by atoms with van der Waals surface area (Å²) in [7, 11) is 2.96. The first-order valence-electron chi connectivity index (χ1n) is 8.46. The van der Waals surface area contributed by atoms with Crippen molar-refractivity contribution in [2.24, 2.45) is 0 Å². The maximum Gasteiger partial charge on any atom is 0.311 e. The van der Waals surface area contributed by atoms with Crippen molar-refractivity contribution in [3.63, 3.8) is 0 Å². The Kier molecular flexibility index (Phi) is 8.41. The lowest BCUT2D eigenvalue weighted by molar-refractivity contribution is -0.385. The van der Waals surface area contributed by atoms with Gasteiger partial charge in [-0.1, -0.05) is 18.2 Å². The summed E-state index contributed by atoms with van der Waals surface area (Å²) < 4.78 is 15.8. The monoisotopic (exact) mass is 406 g/mol. The van der Waals surface area contributed by atoms with Crippen LogP contribution in [-0.2, 0) is 10.5 Å². The van der Waals surface area contributed by atoms with Gasteiger partial charge in [0.2, 0.25) is 5.91 Å². The van der Waals surface area contributed by atoms with Crippen LogP contribution >= 0.6 is 11.8 Å². The minimum absolute atomic E-state index is 0.0847. The maximum atomic E-state index is 11.9. The second-order valence-electron chi connectivity index (χ2n) is 5.61. The van der Waals surface area contributed by atoms with Crippen molar-refractivity contribution in [1.29, 1.82) is 0 Å². The fourth-order valence-corrected chi connectivity index (χ4v) is 3.17.